The maximum Gasteiger partial charge on any atom is 0.251 e. The van der Waals surface area contributed by atoms with E-state index in [1.165, 1.54) is 25.4 Å². The first kappa shape index (κ1) is 20.1. The number of nitrogens with one attached hydrogen (secondary N) is 1. The molecule has 3 rings (SSSR count). The molecule has 0 bridgehead atoms. The predicted molar refractivity (Wildman–Crippen MR) is 106 cm³/mol. The summed E-state index contributed by atoms with van der Waals surface area (Å²) in [7, 11) is 1.54. The predicted octanol–water partition coefficient (Wildman–Crippen LogP) is 4.35. The summed E-state index contributed by atoms with van der Waals surface area (Å²) in [6, 6.07) is 12.8. The van der Waals surface area contributed by atoms with Gasteiger partial charge in [0, 0.05) is 18.3 Å². The van der Waals surface area contributed by atoms with E-state index in [-0.39, 0.29) is 18.2 Å². The van der Waals surface area contributed by atoms with Gasteiger partial charge in [-0.05, 0) is 55.0 Å². The summed E-state index contributed by atoms with van der Waals surface area (Å²) in [5.74, 6) is 0.746. The highest BCUT2D eigenvalue weighted by Gasteiger charge is 2.12. The fourth-order valence-corrected chi connectivity index (χ4v) is 2.64. The van der Waals surface area contributed by atoms with Crippen molar-refractivity contribution in [3.8, 4) is 23.0 Å². The molecule has 1 heterocycles. The molecule has 0 saturated carbocycles. The van der Waals surface area contributed by atoms with Gasteiger partial charge in [-0.3, -0.25) is 9.78 Å². The number of hydrogen-bond acceptors (Lipinski definition) is 5. The molecule has 0 aliphatic rings. The average molecular weight is 396 g/mol. The van der Waals surface area contributed by atoms with E-state index in [0.29, 0.717) is 35.0 Å². The number of aromatic nitrogens is 1. The first-order valence-corrected chi connectivity index (χ1v) is 9.06. The summed E-state index contributed by atoms with van der Waals surface area (Å²) in [5, 5.41) is 2.77. The molecule has 2 aromatic carbocycles. The van der Waals surface area contributed by atoms with Crippen molar-refractivity contribution in [3.63, 3.8) is 0 Å². The van der Waals surface area contributed by atoms with Gasteiger partial charge in [0.15, 0.2) is 23.1 Å². The van der Waals surface area contributed by atoms with Gasteiger partial charge in [0.05, 0.1) is 19.9 Å². The molecular weight excluding hydrogens is 375 g/mol. The Kier molecular flexibility index (Phi) is 6.63. The second-order valence-corrected chi connectivity index (χ2v) is 6.04. The Morgan fingerprint density at radius 2 is 1.93 bits per heavy atom. The van der Waals surface area contributed by atoms with Gasteiger partial charge in [-0.2, -0.15) is 0 Å². The lowest BCUT2D eigenvalue weighted by Gasteiger charge is -2.12. The van der Waals surface area contributed by atoms with Crippen molar-refractivity contribution in [2.24, 2.45) is 0 Å². The molecule has 7 heteroatoms. The fraction of sp³-hybridized carbons (Fsp3) is 0.182. The topological polar surface area (TPSA) is 69.7 Å². The summed E-state index contributed by atoms with van der Waals surface area (Å²) in [5.41, 5.74) is 1.03. The highest BCUT2D eigenvalue weighted by molar-refractivity contribution is 5.94. The molecule has 1 amide bonds. The lowest BCUT2D eigenvalue weighted by atomic mass is 10.1. The van der Waals surface area contributed by atoms with Crippen LogP contribution in [0, 0.1) is 5.82 Å². The first-order chi connectivity index (χ1) is 14.1. The van der Waals surface area contributed by atoms with E-state index in [0.717, 1.165) is 0 Å². The standard InChI is InChI=1S/C22H21FN2O4/c1-3-28-21-12-16(7-9-20(21)27-2)22(26)25-13-15-6-8-19(18(23)11-15)29-17-5-4-10-24-14-17/h4-12,14H,3,13H2,1-2H3,(H,25,26). The molecule has 29 heavy (non-hydrogen) atoms. The van der Waals surface area contributed by atoms with Crippen LogP contribution in [0.25, 0.3) is 0 Å². The number of benzene rings is 2. The van der Waals surface area contributed by atoms with Crippen molar-refractivity contribution in [3.05, 3.63) is 77.9 Å². The van der Waals surface area contributed by atoms with E-state index in [4.69, 9.17) is 14.2 Å². The number of pyridine rings is 1. The van der Waals surface area contributed by atoms with Crippen LogP contribution in [-0.4, -0.2) is 24.6 Å². The van der Waals surface area contributed by atoms with Crippen molar-refractivity contribution in [2.45, 2.75) is 13.5 Å². The number of ether oxygens (including phenoxy) is 3. The lowest BCUT2D eigenvalue weighted by Crippen LogP contribution is -2.22. The number of nitrogens with zero attached hydrogens (tertiary/aromatic N) is 1. The van der Waals surface area contributed by atoms with E-state index in [1.54, 1.807) is 42.6 Å². The van der Waals surface area contributed by atoms with E-state index in [1.807, 2.05) is 6.92 Å². The highest BCUT2D eigenvalue weighted by atomic mass is 19.1. The molecule has 0 spiro atoms. The molecule has 6 nitrogen and oxygen atoms in total. The van der Waals surface area contributed by atoms with Crippen LogP contribution >= 0.6 is 0 Å². The highest BCUT2D eigenvalue weighted by Crippen LogP contribution is 2.28. The lowest BCUT2D eigenvalue weighted by molar-refractivity contribution is 0.0950. The van der Waals surface area contributed by atoms with Gasteiger partial charge in [-0.15, -0.1) is 0 Å². The minimum absolute atomic E-state index is 0.0876. The summed E-state index contributed by atoms with van der Waals surface area (Å²) in [6.07, 6.45) is 3.11. The molecule has 1 aromatic heterocycles. The maximum absolute atomic E-state index is 14.3. The molecule has 0 aliphatic carbocycles. The number of halogens is 1. The zero-order chi connectivity index (χ0) is 20.6. The van der Waals surface area contributed by atoms with E-state index < -0.39 is 5.82 Å². The van der Waals surface area contributed by atoms with Gasteiger partial charge in [0.25, 0.3) is 5.91 Å². The molecule has 0 aliphatic heterocycles. The molecule has 0 saturated heterocycles. The van der Waals surface area contributed by atoms with Crippen LogP contribution in [-0.2, 0) is 6.54 Å². The Morgan fingerprint density at radius 1 is 1.10 bits per heavy atom. The molecule has 0 unspecified atom stereocenters. The molecule has 0 fully saturated rings. The van der Waals surface area contributed by atoms with Crippen LogP contribution in [0.5, 0.6) is 23.0 Å². The van der Waals surface area contributed by atoms with Crippen LogP contribution in [0.1, 0.15) is 22.8 Å². The third kappa shape index (κ3) is 5.22. The minimum Gasteiger partial charge on any atom is -0.493 e. The van der Waals surface area contributed by atoms with Gasteiger partial charge in [0.2, 0.25) is 0 Å². The van der Waals surface area contributed by atoms with Crippen molar-refractivity contribution >= 4 is 5.91 Å². The van der Waals surface area contributed by atoms with Crippen molar-refractivity contribution in [1.29, 1.82) is 0 Å². The summed E-state index contributed by atoms with van der Waals surface area (Å²) in [6.45, 7) is 2.47. The second-order valence-electron chi connectivity index (χ2n) is 6.04. The van der Waals surface area contributed by atoms with Crippen molar-refractivity contribution in [1.82, 2.24) is 10.3 Å². The Labute approximate surface area is 168 Å². The van der Waals surface area contributed by atoms with Crippen LogP contribution in [0.4, 0.5) is 4.39 Å². The van der Waals surface area contributed by atoms with E-state index in [2.05, 4.69) is 10.3 Å². The maximum atomic E-state index is 14.3. The van der Waals surface area contributed by atoms with Gasteiger partial charge < -0.3 is 19.5 Å². The quantitative estimate of drug-likeness (QED) is 0.613. The zero-order valence-electron chi connectivity index (χ0n) is 16.1. The fourth-order valence-electron chi connectivity index (χ4n) is 2.64. The molecule has 0 atom stereocenters. The Morgan fingerprint density at radius 3 is 2.62 bits per heavy atom. The zero-order valence-corrected chi connectivity index (χ0v) is 16.1. The number of hydrogen-bond donors (Lipinski definition) is 1. The second kappa shape index (κ2) is 9.54. The van der Waals surface area contributed by atoms with E-state index in [9.17, 15) is 9.18 Å². The molecule has 0 radical (unpaired) electrons. The monoisotopic (exact) mass is 396 g/mol. The smallest absolute Gasteiger partial charge is 0.251 e. The summed E-state index contributed by atoms with van der Waals surface area (Å²) < 4.78 is 30.5. The van der Waals surface area contributed by atoms with Gasteiger partial charge in [-0.25, -0.2) is 4.39 Å². The molecule has 3 aromatic rings. The third-order valence-corrected chi connectivity index (χ3v) is 4.04. The van der Waals surface area contributed by atoms with Crippen LogP contribution in [0.15, 0.2) is 60.9 Å². The van der Waals surface area contributed by atoms with Crippen LogP contribution in [0.2, 0.25) is 0 Å². The Bertz CT molecular complexity index is 980. The van der Waals surface area contributed by atoms with Crippen LogP contribution in [0.3, 0.4) is 0 Å². The number of amides is 1. The SMILES string of the molecule is CCOc1cc(C(=O)NCc2ccc(Oc3cccnc3)c(F)c2)ccc1OC. The number of rotatable bonds is 8. The van der Waals surface area contributed by atoms with Crippen molar-refractivity contribution in [2.75, 3.05) is 13.7 Å². The number of carbonyl (C=O) groups excluding carboxylic acids is 1. The molecular formula is C22H21FN2O4. The van der Waals surface area contributed by atoms with Crippen molar-refractivity contribution < 1.29 is 23.4 Å². The Balaban J connectivity index is 1.64. The van der Waals surface area contributed by atoms with Gasteiger partial charge >= 0.3 is 0 Å². The molecule has 150 valence electrons. The summed E-state index contributed by atoms with van der Waals surface area (Å²) in [4.78, 5) is 16.4. The average Bonchev–Trinajstić information content (AvgIpc) is 2.74. The Hall–Kier alpha value is -3.61. The summed E-state index contributed by atoms with van der Waals surface area (Å²) >= 11 is 0. The van der Waals surface area contributed by atoms with E-state index >= 15 is 0 Å². The third-order valence-electron chi connectivity index (χ3n) is 4.04. The number of carbonyl (C=O) groups is 1. The minimum atomic E-state index is -0.524. The molecule has 1 N–H and O–H groups in total. The van der Waals surface area contributed by atoms with Gasteiger partial charge in [-0.1, -0.05) is 6.07 Å². The van der Waals surface area contributed by atoms with Crippen LogP contribution < -0.4 is 19.5 Å². The number of methoxy groups -OCH3 is 1. The largest absolute Gasteiger partial charge is 0.493 e. The van der Waals surface area contributed by atoms with Gasteiger partial charge in [0.1, 0.15) is 5.75 Å². The first-order valence-electron chi connectivity index (χ1n) is 9.06. The normalized spacial score (nSPS) is 10.3.